The van der Waals surface area contributed by atoms with Gasteiger partial charge in [-0.3, -0.25) is 4.57 Å². The molecule has 3 unspecified atom stereocenters. The molecule has 0 aliphatic carbocycles. The maximum atomic E-state index is 12.9. The van der Waals surface area contributed by atoms with Crippen molar-refractivity contribution in [3.05, 3.63) is 166 Å². The van der Waals surface area contributed by atoms with Crippen LogP contribution < -0.4 is 16.3 Å². The number of benzene rings is 5. The van der Waals surface area contributed by atoms with Gasteiger partial charge in [-0.2, -0.15) is 0 Å². The molecular formula is C45H47N5O5. The minimum atomic E-state index is -0.582. The molecule has 0 saturated carbocycles. The van der Waals surface area contributed by atoms with E-state index in [9.17, 15) is 14.7 Å². The molecule has 2 aliphatic heterocycles. The summed E-state index contributed by atoms with van der Waals surface area (Å²) in [6.45, 7) is 3.35. The third-order valence-corrected chi connectivity index (χ3v) is 10.8. The first-order chi connectivity index (χ1) is 27.0. The molecule has 55 heavy (non-hydrogen) atoms. The van der Waals surface area contributed by atoms with Crippen LogP contribution >= 0.6 is 0 Å². The fourth-order valence-corrected chi connectivity index (χ4v) is 7.87. The number of H-pyrrole nitrogens is 1. The quantitative estimate of drug-likeness (QED) is 0.110. The number of aliphatic hydroxyl groups is 1. The van der Waals surface area contributed by atoms with Gasteiger partial charge in [0, 0.05) is 50.7 Å². The molecule has 1 aromatic heterocycles. The number of nitrogens with zero attached hydrogens (tertiary/aromatic N) is 2. The van der Waals surface area contributed by atoms with Crippen molar-refractivity contribution in [3.63, 3.8) is 0 Å². The standard InChI is InChI=1S/C45H47N5O5/c51-30-32-16-18-34(19-17-32)42-26-39(29-49-22-20-38(21-23-49)50-41-15-5-4-14-40(41)48-45(50)53)54-43(55-42)37-13-7-12-36(25-37)35-11-6-10-33(24-35)28-47-44(52)46-27-31-8-2-1-3-9-31/h1-19,24-25,38-39,42-43,51H,20-23,26-30H2,(H,48,53)(H2,46,47,52). The van der Waals surface area contributed by atoms with Crippen LogP contribution in [-0.2, 0) is 29.2 Å². The maximum absolute atomic E-state index is 12.9. The summed E-state index contributed by atoms with van der Waals surface area (Å²) in [4.78, 5) is 30.9. The van der Waals surface area contributed by atoms with E-state index in [2.05, 4.69) is 50.8 Å². The van der Waals surface area contributed by atoms with Crippen LogP contribution in [-0.4, -0.2) is 51.3 Å². The number of para-hydroxylation sites is 2. The van der Waals surface area contributed by atoms with Crippen LogP contribution in [0.3, 0.4) is 0 Å². The first-order valence-electron chi connectivity index (χ1n) is 19.2. The van der Waals surface area contributed by atoms with Crippen molar-refractivity contribution >= 4 is 17.1 Å². The minimum absolute atomic E-state index is 0.00764. The molecule has 282 valence electrons. The molecule has 2 aliphatic rings. The lowest BCUT2D eigenvalue weighted by atomic mass is 9.97. The van der Waals surface area contributed by atoms with E-state index < -0.39 is 6.29 Å². The number of aliphatic hydroxyl groups excluding tert-OH is 1. The number of nitrogens with one attached hydrogen (secondary N) is 3. The third kappa shape index (κ3) is 8.74. The van der Waals surface area contributed by atoms with Gasteiger partial charge in [0.05, 0.1) is 29.8 Å². The van der Waals surface area contributed by atoms with Crippen molar-refractivity contribution in [2.75, 3.05) is 19.6 Å². The van der Waals surface area contributed by atoms with E-state index in [1.807, 2.05) is 102 Å². The van der Waals surface area contributed by atoms with E-state index in [0.717, 1.165) is 82.5 Å². The number of imidazole rings is 1. The van der Waals surface area contributed by atoms with Gasteiger partial charge in [-0.15, -0.1) is 0 Å². The first kappa shape index (κ1) is 36.5. The molecule has 2 amide bonds. The van der Waals surface area contributed by atoms with Gasteiger partial charge in [-0.25, -0.2) is 9.59 Å². The number of aromatic amines is 1. The average Bonchev–Trinajstić information content (AvgIpc) is 3.58. The molecule has 3 heterocycles. The van der Waals surface area contributed by atoms with Gasteiger partial charge in [0.15, 0.2) is 6.29 Å². The van der Waals surface area contributed by atoms with Gasteiger partial charge in [-0.05, 0) is 70.5 Å². The minimum Gasteiger partial charge on any atom is -0.392 e. The number of hydrogen-bond donors (Lipinski definition) is 4. The molecule has 10 heteroatoms. The van der Waals surface area contributed by atoms with E-state index in [-0.39, 0.29) is 36.6 Å². The highest BCUT2D eigenvalue weighted by Crippen LogP contribution is 2.39. The number of ether oxygens (including phenoxy) is 2. The number of piperidine rings is 1. The van der Waals surface area contributed by atoms with Crippen molar-refractivity contribution < 1.29 is 19.4 Å². The summed E-state index contributed by atoms with van der Waals surface area (Å²) >= 11 is 0. The van der Waals surface area contributed by atoms with Gasteiger partial charge in [0.2, 0.25) is 0 Å². The number of hydrogen-bond acceptors (Lipinski definition) is 6. The van der Waals surface area contributed by atoms with Crippen LogP contribution in [0.5, 0.6) is 0 Å². The van der Waals surface area contributed by atoms with Crippen molar-refractivity contribution in [3.8, 4) is 11.1 Å². The lowest BCUT2D eigenvalue weighted by Gasteiger charge is -2.40. The van der Waals surface area contributed by atoms with E-state index in [0.29, 0.717) is 19.5 Å². The molecular weight excluding hydrogens is 691 g/mol. The summed E-state index contributed by atoms with van der Waals surface area (Å²) < 4.78 is 15.4. The average molecular weight is 738 g/mol. The Morgan fingerprint density at radius 3 is 2.20 bits per heavy atom. The fourth-order valence-electron chi connectivity index (χ4n) is 7.87. The number of likely N-dealkylation sites (tertiary alicyclic amines) is 1. The van der Waals surface area contributed by atoms with Gasteiger partial charge >= 0.3 is 11.7 Å². The van der Waals surface area contributed by atoms with Gasteiger partial charge in [0.1, 0.15) is 0 Å². The van der Waals surface area contributed by atoms with Crippen LogP contribution in [0.1, 0.15) is 65.5 Å². The van der Waals surface area contributed by atoms with E-state index in [1.165, 1.54) is 0 Å². The molecule has 6 aromatic rings. The molecule has 8 rings (SSSR count). The third-order valence-electron chi connectivity index (χ3n) is 10.8. The van der Waals surface area contributed by atoms with Gasteiger partial charge in [0.25, 0.3) is 0 Å². The Bertz CT molecular complexity index is 2260. The number of fused-ring (bicyclic) bond motifs is 1. The van der Waals surface area contributed by atoms with Crippen LogP contribution in [0.2, 0.25) is 0 Å². The Morgan fingerprint density at radius 2 is 1.42 bits per heavy atom. The molecule has 4 N–H and O–H groups in total. The van der Waals surface area contributed by atoms with Crippen LogP contribution in [0.25, 0.3) is 22.2 Å². The maximum Gasteiger partial charge on any atom is 0.326 e. The van der Waals surface area contributed by atoms with Gasteiger partial charge in [-0.1, -0.05) is 103 Å². The van der Waals surface area contributed by atoms with Crippen LogP contribution in [0, 0.1) is 0 Å². The Labute approximate surface area is 320 Å². The zero-order valence-corrected chi connectivity index (χ0v) is 30.8. The topological polar surface area (TPSA) is 121 Å². The lowest BCUT2D eigenvalue weighted by molar-refractivity contribution is -0.253. The molecule has 0 bridgehead atoms. The SMILES string of the molecule is O=C(NCc1ccccc1)NCc1cccc(-c2cccc(C3OC(CN4CCC(n5c(=O)[nH]c6ccccc65)CC4)CC(c4ccc(CO)cc4)O3)c2)c1. The molecule has 0 spiro atoms. The molecule has 2 saturated heterocycles. The van der Waals surface area contributed by atoms with Crippen LogP contribution in [0.4, 0.5) is 4.79 Å². The fraction of sp³-hybridized carbons (Fsp3) is 0.289. The lowest BCUT2D eigenvalue weighted by Crippen LogP contribution is -2.43. The second kappa shape index (κ2) is 16.9. The second-order valence-corrected chi connectivity index (χ2v) is 14.5. The molecule has 10 nitrogen and oxygen atoms in total. The predicted molar refractivity (Wildman–Crippen MR) is 213 cm³/mol. The summed E-state index contributed by atoms with van der Waals surface area (Å²) in [5.41, 5.74) is 8.74. The summed E-state index contributed by atoms with van der Waals surface area (Å²) in [5, 5.41) is 15.5. The number of carbonyl (C=O) groups is 1. The van der Waals surface area contributed by atoms with Crippen molar-refractivity contribution in [1.29, 1.82) is 0 Å². The molecule has 5 aromatic carbocycles. The number of rotatable bonds is 11. The summed E-state index contributed by atoms with van der Waals surface area (Å²) in [6.07, 6.45) is 1.61. The van der Waals surface area contributed by atoms with E-state index >= 15 is 0 Å². The number of carbonyl (C=O) groups excluding carboxylic acids is 1. The highest BCUT2D eigenvalue weighted by molar-refractivity contribution is 5.75. The predicted octanol–water partition coefficient (Wildman–Crippen LogP) is 7.37. The number of amides is 2. The second-order valence-electron chi connectivity index (χ2n) is 14.5. The van der Waals surface area contributed by atoms with Crippen molar-refractivity contribution in [1.82, 2.24) is 25.1 Å². The highest BCUT2D eigenvalue weighted by Gasteiger charge is 2.34. The Morgan fingerprint density at radius 1 is 0.727 bits per heavy atom. The van der Waals surface area contributed by atoms with Crippen LogP contribution in [0.15, 0.2) is 132 Å². The first-order valence-corrected chi connectivity index (χ1v) is 19.2. The molecule has 0 radical (unpaired) electrons. The molecule has 3 atom stereocenters. The number of urea groups is 1. The largest absolute Gasteiger partial charge is 0.392 e. The van der Waals surface area contributed by atoms with Gasteiger partial charge < -0.3 is 35.1 Å². The van der Waals surface area contributed by atoms with E-state index in [1.54, 1.807) is 0 Å². The summed E-state index contributed by atoms with van der Waals surface area (Å²) in [7, 11) is 0. The van der Waals surface area contributed by atoms with Crippen molar-refractivity contribution in [2.24, 2.45) is 0 Å². The smallest absolute Gasteiger partial charge is 0.326 e. The Balaban J connectivity index is 0.949. The Hall–Kier alpha value is -5.52. The van der Waals surface area contributed by atoms with E-state index in [4.69, 9.17) is 9.47 Å². The normalized spacial score (nSPS) is 19.3. The highest BCUT2D eigenvalue weighted by atomic mass is 16.7. The zero-order chi connectivity index (χ0) is 37.6. The summed E-state index contributed by atoms with van der Waals surface area (Å²) in [6, 6.07) is 42.1. The zero-order valence-electron chi connectivity index (χ0n) is 30.8. The summed E-state index contributed by atoms with van der Waals surface area (Å²) in [5.74, 6) is 0. The Kier molecular flexibility index (Phi) is 11.2. The monoisotopic (exact) mass is 737 g/mol. The van der Waals surface area contributed by atoms with Crippen molar-refractivity contribution in [2.45, 2.75) is 63.5 Å². The molecule has 2 fully saturated rings. The number of aromatic nitrogens is 2.